The number of methoxy groups -OCH3 is 1. The number of carboxylic acid groups (broad SMARTS) is 1. The van der Waals surface area contributed by atoms with Crippen molar-refractivity contribution < 1.29 is 23.8 Å². The van der Waals surface area contributed by atoms with E-state index in [1.807, 2.05) is 0 Å². The molecule has 0 aromatic heterocycles. The molecule has 0 saturated carbocycles. The zero-order chi connectivity index (χ0) is 12.5. The van der Waals surface area contributed by atoms with Crippen molar-refractivity contribution in [1.82, 2.24) is 0 Å². The zero-order valence-electron chi connectivity index (χ0n) is 9.40. The van der Waals surface area contributed by atoms with E-state index in [1.165, 1.54) is 25.3 Å². The van der Waals surface area contributed by atoms with Crippen molar-refractivity contribution in [3.05, 3.63) is 29.6 Å². The Balaban J connectivity index is 2.28. The maximum atomic E-state index is 13.1. The van der Waals surface area contributed by atoms with Crippen molar-refractivity contribution in [2.45, 2.75) is 6.42 Å². The van der Waals surface area contributed by atoms with Gasteiger partial charge in [0.1, 0.15) is 17.0 Å². The number of rotatable bonds is 4. The molecule has 0 unspecified atom stereocenters. The average Bonchev–Trinajstić information content (AvgIpc) is 2.23. The molecule has 0 bridgehead atoms. The van der Waals surface area contributed by atoms with E-state index < -0.39 is 17.2 Å². The van der Waals surface area contributed by atoms with E-state index in [0.29, 0.717) is 11.3 Å². The van der Waals surface area contributed by atoms with Crippen LogP contribution >= 0.6 is 0 Å². The van der Waals surface area contributed by atoms with E-state index in [2.05, 4.69) is 0 Å². The van der Waals surface area contributed by atoms with Crippen molar-refractivity contribution in [1.29, 1.82) is 0 Å². The monoisotopic (exact) mass is 240 g/mol. The average molecular weight is 240 g/mol. The van der Waals surface area contributed by atoms with E-state index in [0.717, 1.165) is 0 Å². The van der Waals surface area contributed by atoms with Gasteiger partial charge in [0.15, 0.2) is 0 Å². The fourth-order valence-electron chi connectivity index (χ4n) is 1.90. The lowest BCUT2D eigenvalue weighted by molar-refractivity contribution is -0.179. The minimum atomic E-state index is -0.943. The number of hydrogen-bond acceptors (Lipinski definition) is 3. The minimum absolute atomic E-state index is 0.155. The Kier molecular flexibility index (Phi) is 3.02. The molecule has 0 aliphatic carbocycles. The summed E-state index contributed by atoms with van der Waals surface area (Å²) >= 11 is 0. The van der Waals surface area contributed by atoms with Crippen molar-refractivity contribution in [3.8, 4) is 5.75 Å². The third-order valence-electron chi connectivity index (χ3n) is 2.98. The number of benzene rings is 1. The third kappa shape index (κ3) is 2.10. The predicted molar refractivity (Wildman–Crippen MR) is 57.5 cm³/mol. The second-order valence-electron chi connectivity index (χ2n) is 4.21. The Morgan fingerprint density at radius 3 is 2.76 bits per heavy atom. The Morgan fingerprint density at radius 2 is 2.29 bits per heavy atom. The van der Waals surface area contributed by atoms with Crippen LogP contribution in [0.1, 0.15) is 5.56 Å². The summed E-state index contributed by atoms with van der Waals surface area (Å²) in [5.74, 6) is -0.824. The van der Waals surface area contributed by atoms with Gasteiger partial charge in [-0.05, 0) is 30.2 Å². The van der Waals surface area contributed by atoms with Gasteiger partial charge in [-0.1, -0.05) is 0 Å². The van der Waals surface area contributed by atoms with Crippen molar-refractivity contribution in [3.63, 3.8) is 0 Å². The molecule has 0 amide bonds. The molecule has 1 aromatic carbocycles. The SMILES string of the molecule is COc1ccc(F)cc1CC1(C(=O)O)COC1. The summed E-state index contributed by atoms with van der Waals surface area (Å²) in [7, 11) is 1.47. The number of carbonyl (C=O) groups is 1. The van der Waals surface area contributed by atoms with Gasteiger partial charge in [-0.15, -0.1) is 0 Å². The van der Waals surface area contributed by atoms with Gasteiger partial charge < -0.3 is 14.6 Å². The largest absolute Gasteiger partial charge is 0.496 e. The molecule has 0 spiro atoms. The number of ether oxygens (including phenoxy) is 2. The summed E-state index contributed by atoms with van der Waals surface area (Å²) in [5, 5.41) is 9.16. The van der Waals surface area contributed by atoms with Gasteiger partial charge in [-0.3, -0.25) is 4.79 Å². The molecule has 5 heteroatoms. The number of carboxylic acids is 1. The highest BCUT2D eigenvalue weighted by Crippen LogP contribution is 2.35. The van der Waals surface area contributed by atoms with E-state index in [1.54, 1.807) is 0 Å². The van der Waals surface area contributed by atoms with Crippen LogP contribution in [-0.4, -0.2) is 31.4 Å². The summed E-state index contributed by atoms with van der Waals surface area (Å²) in [6.07, 6.45) is 0.212. The standard InChI is InChI=1S/C12H13FO4/c1-16-10-3-2-9(13)4-8(10)5-12(11(14)15)6-17-7-12/h2-4H,5-7H2,1H3,(H,14,15). The molecule has 1 aromatic rings. The maximum Gasteiger partial charge on any atom is 0.314 e. The summed E-state index contributed by atoms with van der Waals surface area (Å²) in [5.41, 5.74) is -0.389. The topological polar surface area (TPSA) is 55.8 Å². The molecule has 92 valence electrons. The summed E-state index contributed by atoms with van der Waals surface area (Å²) < 4.78 is 23.2. The maximum absolute atomic E-state index is 13.1. The molecular formula is C12H13FO4. The van der Waals surface area contributed by atoms with Crippen LogP contribution in [0.5, 0.6) is 5.75 Å². The highest BCUT2D eigenvalue weighted by molar-refractivity contribution is 5.76. The van der Waals surface area contributed by atoms with Gasteiger partial charge >= 0.3 is 5.97 Å². The molecule has 1 aliphatic heterocycles. The van der Waals surface area contributed by atoms with E-state index in [9.17, 15) is 9.18 Å². The van der Waals surface area contributed by atoms with Crippen LogP contribution in [-0.2, 0) is 16.0 Å². The van der Waals surface area contributed by atoms with Crippen LogP contribution in [0.25, 0.3) is 0 Å². The minimum Gasteiger partial charge on any atom is -0.496 e. The number of hydrogen-bond donors (Lipinski definition) is 1. The molecule has 2 rings (SSSR count). The predicted octanol–water partition coefficient (Wildman–Crippen LogP) is 1.48. The first-order chi connectivity index (χ1) is 8.07. The van der Waals surface area contributed by atoms with Crippen LogP contribution in [0.15, 0.2) is 18.2 Å². The number of halogens is 1. The molecule has 1 fully saturated rings. The van der Waals surface area contributed by atoms with Crippen LogP contribution in [0.2, 0.25) is 0 Å². The zero-order valence-corrected chi connectivity index (χ0v) is 9.40. The molecule has 1 aliphatic rings. The van der Waals surface area contributed by atoms with Gasteiger partial charge in [0, 0.05) is 0 Å². The highest BCUT2D eigenvalue weighted by Gasteiger charge is 2.46. The first-order valence-electron chi connectivity index (χ1n) is 5.21. The van der Waals surface area contributed by atoms with Crippen LogP contribution in [0, 0.1) is 11.2 Å². The van der Waals surface area contributed by atoms with Crippen molar-refractivity contribution in [2.75, 3.05) is 20.3 Å². The quantitative estimate of drug-likeness (QED) is 0.866. The van der Waals surface area contributed by atoms with E-state index >= 15 is 0 Å². The lowest BCUT2D eigenvalue weighted by atomic mass is 9.79. The Bertz CT molecular complexity index is 440. The Hall–Kier alpha value is -1.62. The molecular weight excluding hydrogens is 227 g/mol. The van der Waals surface area contributed by atoms with Crippen LogP contribution in [0.4, 0.5) is 4.39 Å². The van der Waals surface area contributed by atoms with Crippen molar-refractivity contribution >= 4 is 5.97 Å². The van der Waals surface area contributed by atoms with Gasteiger partial charge in [0.05, 0.1) is 20.3 Å². The molecule has 0 radical (unpaired) electrons. The molecule has 4 nitrogen and oxygen atoms in total. The first-order valence-corrected chi connectivity index (χ1v) is 5.21. The summed E-state index contributed by atoms with van der Waals surface area (Å²) in [6, 6.07) is 4.09. The van der Waals surface area contributed by atoms with Gasteiger partial charge in [-0.2, -0.15) is 0 Å². The molecule has 1 heterocycles. The highest BCUT2D eigenvalue weighted by atomic mass is 19.1. The summed E-state index contributed by atoms with van der Waals surface area (Å²) in [6.45, 7) is 0.310. The molecule has 1 N–H and O–H groups in total. The lowest BCUT2D eigenvalue weighted by Gasteiger charge is -2.37. The lowest BCUT2D eigenvalue weighted by Crippen LogP contribution is -2.50. The molecule has 17 heavy (non-hydrogen) atoms. The number of aliphatic carboxylic acids is 1. The molecule has 0 atom stereocenters. The Labute approximate surface area is 98.0 Å². The second kappa shape index (κ2) is 4.33. The van der Waals surface area contributed by atoms with Gasteiger partial charge in [0.2, 0.25) is 0 Å². The fraction of sp³-hybridized carbons (Fsp3) is 0.417. The van der Waals surface area contributed by atoms with Crippen molar-refractivity contribution in [2.24, 2.45) is 5.41 Å². The summed E-state index contributed by atoms with van der Waals surface area (Å²) in [4.78, 5) is 11.2. The third-order valence-corrected chi connectivity index (χ3v) is 2.98. The fourth-order valence-corrected chi connectivity index (χ4v) is 1.90. The van der Waals surface area contributed by atoms with Gasteiger partial charge in [-0.25, -0.2) is 4.39 Å². The van der Waals surface area contributed by atoms with E-state index in [-0.39, 0.29) is 19.6 Å². The smallest absolute Gasteiger partial charge is 0.314 e. The van der Waals surface area contributed by atoms with Crippen LogP contribution in [0.3, 0.4) is 0 Å². The van der Waals surface area contributed by atoms with Crippen LogP contribution < -0.4 is 4.74 Å². The second-order valence-corrected chi connectivity index (χ2v) is 4.21. The molecule has 1 saturated heterocycles. The Morgan fingerprint density at radius 1 is 1.59 bits per heavy atom. The van der Waals surface area contributed by atoms with Gasteiger partial charge in [0.25, 0.3) is 0 Å². The normalized spacial score (nSPS) is 17.3. The first kappa shape index (κ1) is 11.9. The van der Waals surface area contributed by atoms with E-state index in [4.69, 9.17) is 14.6 Å².